The second kappa shape index (κ2) is 9.68. The number of rotatable bonds is 3. The lowest BCUT2D eigenvalue weighted by Gasteiger charge is -2.28. The molecule has 8 aromatic rings. The van der Waals surface area contributed by atoms with Gasteiger partial charge in [-0.05, 0) is 41.8 Å². The molecule has 2 aliphatic rings. The summed E-state index contributed by atoms with van der Waals surface area (Å²) in [6.45, 7) is 0. The molecule has 2 aromatic heterocycles. The second-order valence-electron chi connectivity index (χ2n) is 12.1. The third kappa shape index (κ3) is 3.58. The van der Waals surface area contributed by atoms with E-state index in [0.29, 0.717) is 0 Å². The highest BCUT2D eigenvalue weighted by Crippen LogP contribution is 2.42. The summed E-state index contributed by atoms with van der Waals surface area (Å²) in [6.07, 6.45) is 8.45. The van der Waals surface area contributed by atoms with Gasteiger partial charge in [0.25, 0.3) is 0 Å². The van der Waals surface area contributed by atoms with Gasteiger partial charge in [0.1, 0.15) is 0 Å². The van der Waals surface area contributed by atoms with Gasteiger partial charge in [0.15, 0.2) is 5.82 Å². The SMILES string of the molecule is C1=CC2=NC(n3c4ccccc4c4cc5c6ccc7ccccc7c6n(-c6ccccc6)c5cc43)=C(c3ccccc3)NC2C=C1. The number of fused-ring (bicyclic) bond motifs is 9. The van der Waals surface area contributed by atoms with Crippen molar-refractivity contribution in [1.82, 2.24) is 14.5 Å². The first-order valence-electron chi connectivity index (χ1n) is 15.8. The highest BCUT2D eigenvalue weighted by Gasteiger charge is 2.27. The van der Waals surface area contributed by atoms with Crippen molar-refractivity contribution in [2.24, 2.45) is 4.99 Å². The van der Waals surface area contributed by atoms with Crippen molar-refractivity contribution in [2.45, 2.75) is 6.04 Å². The van der Waals surface area contributed by atoms with Crippen LogP contribution in [0.1, 0.15) is 5.56 Å². The van der Waals surface area contributed by atoms with E-state index in [1.807, 2.05) is 0 Å². The summed E-state index contributed by atoms with van der Waals surface area (Å²) in [5.41, 5.74) is 8.95. The van der Waals surface area contributed by atoms with Crippen LogP contribution < -0.4 is 5.32 Å². The van der Waals surface area contributed by atoms with Gasteiger partial charge in [0, 0.05) is 38.2 Å². The summed E-state index contributed by atoms with van der Waals surface area (Å²) < 4.78 is 4.80. The Morgan fingerprint density at radius 3 is 2.13 bits per heavy atom. The van der Waals surface area contributed by atoms with E-state index in [1.165, 1.54) is 43.4 Å². The Hall–Kier alpha value is -6.13. The van der Waals surface area contributed by atoms with Crippen molar-refractivity contribution in [3.05, 3.63) is 163 Å². The van der Waals surface area contributed by atoms with Crippen LogP contribution in [0.4, 0.5) is 0 Å². The van der Waals surface area contributed by atoms with Crippen molar-refractivity contribution in [1.29, 1.82) is 0 Å². The van der Waals surface area contributed by atoms with E-state index in [9.17, 15) is 0 Å². The van der Waals surface area contributed by atoms with E-state index in [2.05, 4.69) is 172 Å². The molecule has 1 atom stereocenters. The Balaban J connectivity index is 1.38. The molecule has 216 valence electrons. The van der Waals surface area contributed by atoms with E-state index in [1.54, 1.807) is 0 Å². The molecule has 10 rings (SSSR count). The molecule has 1 aliphatic carbocycles. The molecular formula is C42H28N4. The van der Waals surface area contributed by atoms with Crippen LogP contribution in [-0.4, -0.2) is 20.9 Å². The van der Waals surface area contributed by atoms with Gasteiger partial charge in [-0.15, -0.1) is 0 Å². The lowest BCUT2D eigenvalue weighted by atomic mass is 10.0. The summed E-state index contributed by atoms with van der Waals surface area (Å²) in [5.74, 6) is 0.899. The maximum absolute atomic E-state index is 5.40. The smallest absolute Gasteiger partial charge is 0.162 e. The van der Waals surface area contributed by atoms with Crippen LogP contribution in [0.2, 0.25) is 0 Å². The summed E-state index contributed by atoms with van der Waals surface area (Å²) in [6, 6.07) is 48.1. The quantitative estimate of drug-likeness (QED) is 0.219. The van der Waals surface area contributed by atoms with Crippen molar-refractivity contribution in [2.75, 3.05) is 0 Å². The predicted molar refractivity (Wildman–Crippen MR) is 193 cm³/mol. The van der Waals surface area contributed by atoms with Crippen LogP contribution in [0.15, 0.2) is 163 Å². The topological polar surface area (TPSA) is 34.2 Å². The van der Waals surface area contributed by atoms with Crippen LogP contribution >= 0.6 is 0 Å². The first kappa shape index (κ1) is 25.2. The molecule has 0 spiro atoms. The maximum atomic E-state index is 5.40. The van der Waals surface area contributed by atoms with Gasteiger partial charge in [-0.3, -0.25) is 4.57 Å². The predicted octanol–water partition coefficient (Wildman–Crippen LogP) is 9.87. The van der Waals surface area contributed by atoms with Crippen molar-refractivity contribution in [3.63, 3.8) is 0 Å². The van der Waals surface area contributed by atoms with E-state index >= 15 is 0 Å². The number of hydrogen-bond acceptors (Lipinski definition) is 2. The van der Waals surface area contributed by atoms with Crippen molar-refractivity contribution >= 4 is 71.6 Å². The Labute approximate surface area is 265 Å². The van der Waals surface area contributed by atoms with Gasteiger partial charge in [0.2, 0.25) is 0 Å². The molecule has 1 N–H and O–H groups in total. The molecule has 1 aliphatic heterocycles. The fourth-order valence-corrected chi connectivity index (χ4v) is 7.45. The number of para-hydroxylation sites is 2. The van der Waals surface area contributed by atoms with Gasteiger partial charge in [0.05, 0.1) is 39.5 Å². The third-order valence-electron chi connectivity index (χ3n) is 9.49. The molecule has 46 heavy (non-hydrogen) atoms. The molecule has 0 amide bonds. The van der Waals surface area contributed by atoms with Crippen LogP contribution in [0.25, 0.3) is 71.6 Å². The van der Waals surface area contributed by atoms with E-state index in [4.69, 9.17) is 4.99 Å². The minimum Gasteiger partial charge on any atom is -0.370 e. The van der Waals surface area contributed by atoms with Gasteiger partial charge in [-0.1, -0.05) is 121 Å². The summed E-state index contributed by atoms with van der Waals surface area (Å²) in [4.78, 5) is 5.40. The Bertz CT molecular complexity index is 2650. The lowest BCUT2D eigenvalue weighted by Crippen LogP contribution is -2.37. The normalized spacial score (nSPS) is 16.1. The molecule has 0 saturated heterocycles. The fourth-order valence-electron chi connectivity index (χ4n) is 7.45. The molecule has 0 radical (unpaired) electrons. The monoisotopic (exact) mass is 588 g/mol. The molecule has 0 bridgehead atoms. The van der Waals surface area contributed by atoms with E-state index < -0.39 is 0 Å². The van der Waals surface area contributed by atoms with Crippen molar-refractivity contribution in [3.8, 4) is 5.69 Å². The molecule has 1 unspecified atom stereocenters. The summed E-state index contributed by atoms with van der Waals surface area (Å²) >= 11 is 0. The molecule has 6 aromatic carbocycles. The van der Waals surface area contributed by atoms with Crippen molar-refractivity contribution < 1.29 is 0 Å². The van der Waals surface area contributed by atoms with Gasteiger partial charge in [-0.2, -0.15) is 0 Å². The Morgan fingerprint density at radius 1 is 0.543 bits per heavy atom. The number of nitrogens with zero attached hydrogens (tertiary/aromatic N) is 3. The van der Waals surface area contributed by atoms with Crippen LogP contribution in [0.5, 0.6) is 0 Å². The molecule has 3 heterocycles. The third-order valence-corrected chi connectivity index (χ3v) is 9.49. The molecule has 4 nitrogen and oxygen atoms in total. The lowest BCUT2D eigenvalue weighted by molar-refractivity contribution is 0.871. The molecule has 0 fully saturated rings. The first-order chi connectivity index (χ1) is 22.8. The number of aliphatic imine (C=N–C) groups is 1. The molecule has 0 saturated carbocycles. The largest absolute Gasteiger partial charge is 0.370 e. The molecule has 4 heteroatoms. The van der Waals surface area contributed by atoms with Crippen LogP contribution in [-0.2, 0) is 0 Å². The number of benzene rings is 6. The zero-order chi connectivity index (χ0) is 30.2. The number of nitrogens with one attached hydrogen (secondary N) is 1. The highest BCUT2D eigenvalue weighted by atomic mass is 15.2. The summed E-state index contributed by atoms with van der Waals surface area (Å²) in [7, 11) is 0. The number of hydrogen-bond donors (Lipinski definition) is 1. The first-order valence-corrected chi connectivity index (χ1v) is 15.8. The Morgan fingerprint density at radius 2 is 1.26 bits per heavy atom. The number of allylic oxidation sites excluding steroid dienone is 2. The van der Waals surface area contributed by atoms with Crippen LogP contribution in [0, 0.1) is 0 Å². The van der Waals surface area contributed by atoms with Crippen LogP contribution in [0.3, 0.4) is 0 Å². The van der Waals surface area contributed by atoms with Gasteiger partial charge < -0.3 is 9.88 Å². The molecular weight excluding hydrogens is 560 g/mol. The summed E-state index contributed by atoms with van der Waals surface area (Å²) in [5, 5.41) is 11.2. The van der Waals surface area contributed by atoms with Gasteiger partial charge in [-0.25, -0.2) is 4.99 Å². The minimum atomic E-state index is 0.0256. The van der Waals surface area contributed by atoms with E-state index in [0.717, 1.165) is 39.5 Å². The zero-order valence-electron chi connectivity index (χ0n) is 24.9. The fraction of sp³-hybridized carbons (Fsp3) is 0.0238. The number of aromatic nitrogens is 2. The average Bonchev–Trinajstić information content (AvgIpc) is 3.63. The minimum absolute atomic E-state index is 0.0256. The van der Waals surface area contributed by atoms with E-state index in [-0.39, 0.29) is 6.04 Å². The maximum Gasteiger partial charge on any atom is 0.162 e. The standard InChI is InChI=1S/C42H28N4/c1-3-14-28(15-4-1)40-42(44-36-21-11-10-20-35(36)43-40)46-37-22-12-9-19-31(37)33-25-34-32-24-23-27-13-7-8-18-30(27)41(32)45(38(34)26-39(33)46)29-16-5-2-6-17-29/h1-26,35,43H. The highest BCUT2D eigenvalue weighted by molar-refractivity contribution is 6.24. The zero-order valence-corrected chi connectivity index (χ0v) is 24.9. The second-order valence-corrected chi connectivity index (χ2v) is 12.1. The average molecular weight is 589 g/mol. The van der Waals surface area contributed by atoms with Gasteiger partial charge >= 0.3 is 0 Å². The Kier molecular flexibility index (Phi) is 5.31.